The Morgan fingerprint density at radius 1 is 0.875 bits per heavy atom. The fraction of sp³-hybridized carbons (Fsp3) is 0.300. The second-order valence-corrected chi connectivity index (χ2v) is 7.55. The van der Waals surface area contributed by atoms with Crippen molar-refractivity contribution < 1.29 is 14.9 Å². The van der Waals surface area contributed by atoms with Crippen LogP contribution in [0.4, 0.5) is 0 Å². The van der Waals surface area contributed by atoms with Gasteiger partial charge in [-0.15, -0.1) is 0 Å². The number of phenols is 1. The highest BCUT2D eigenvalue weighted by Crippen LogP contribution is 2.26. The molecule has 0 atom stereocenters. The third-order valence-electron chi connectivity index (χ3n) is 5.14. The molecular formula is C20H24N2OS+2. The van der Waals surface area contributed by atoms with Gasteiger partial charge in [0.25, 0.3) is 0 Å². The van der Waals surface area contributed by atoms with Crippen LogP contribution in [0.15, 0.2) is 53.2 Å². The third-order valence-corrected chi connectivity index (χ3v) is 5.87. The van der Waals surface area contributed by atoms with Crippen molar-refractivity contribution in [3.8, 4) is 5.75 Å². The summed E-state index contributed by atoms with van der Waals surface area (Å²) in [5.41, 5.74) is 2.56. The number of benzene rings is 2. The first-order valence-corrected chi connectivity index (χ1v) is 9.61. The second kappa shape index (κ2) is 6.93. The predicted octanol–water partition coefficient (Wildman–Crippen LogP) is 1.09. The molecule has 2 aromatic carbocycles. The van der Waals surface area contributed by atoms with Gasteiger partial charge in [0, 0.05) is 5.56 Å². The van der Waals surface area contributed by atoms with Crippen LogP contribution in [0.5, 0.6) is 5.75 Å². The lowest BCUT2D eigenvalue weighted by Gasteiger charge is -2.30. The van der Waals surface area contributed by atoms with Gasteiger partial charge in [0.1, 0.15) is 45.0 Å². The molecule has 2 heterocycles. The number of fused-ring (bicyclic) bond motifs is 1. The summed E-state index contributed by atoms with van der Waals surface area (Å²) in [5, 5.41) is 17.2. The van der Waals surface area contributed by atoms with Gasteiger partial charge in [0.2, 0.25) is 0 Å². The van der Waals surface area contributed by atoms with E-state index in [1.807, 2.05) is 12.1 Å². The highest BCUT2D eigenvalue weighted by Gasteiger charge is 2.24. The number of piperazine rings is 1. The Morgan fingerprint density at radius 2 is 1.62 bits per heavy atom. The van der Waals surface area contributed by atoms with E-state index in [1.54, 1.807) is 21.1 Å². The average Bonchev–Trinajstić information content (AvgIpc) is 3.12. The molecule has 0 amide bonds. The fourth-order valence-corrected chi connectivity index (χ4v) is 4.42. The number of hydrogen-bond donors (Lipinski definition) is 3. The molecule has 3 N–H and O–H groups in total. The molecule has 0 radical (unpaired) electrons. The van der Waals surface area contributed by atoms with Gasteiger partial charge in [-0.3, -0.25) is 0 Å². The Kier molecular flexibility index (Phi) is 4.52. The van der Waals surface area contributed by atoms with E-state index >= 15 is 0 Å². The Labute approximate surface area is 146 Å². The van der Waals surface area contributed by atoms with E-state index in [0.29, 0.717) is 5.75 Å². The van der Waals surface area contributed by atoms with E-state index < -0.39 is 0 Å². The van der Waals surface area contributed by atoms with Crippen molar-refractivity contribution in [2.24, 2.45) is 0 Å². The smallest absolute Gasteiger partial charge is 0.127 e. The zero-order chi connectivity index (χ0) is 16.4. The van der Waals surface area contributed by atoms with Crippen molar-refractivity contribution >= 4 is 22.1 Å². The van der Waals surface area contributed by atoms with E-state index in [9.17, 15) is 5.11 Å². The van der Waals surface area contributed by atoms with Crippen LogP contribution in [-0.4, -0.2) is 31.3 Å². The van der Waals surface area contributed by atoms with Crippen molar-refractivity contribution in [2.45, 2.75) is 13.1 Å². The van der Waals surface area contributed by atoms with Gasteiger partial charge in [0.05, 0.1) is 5.56 Å². The van der Waals surface area contributed by atoms with Crippen molar-refractivity contribution in [2.75, 3.05) is 26.2 Å². The quantitative estimate of drug-likeness (QED) is 0.652. The second-order valence-electron chi connectivity index (χ2n) is 6.77. The summed E-state index contributed by atoms with van der Waals surface area (Å²) in [4.78, 5) is 3.26. The molecular weight excluding hydrogens is 316 g/mol. The number of aromatic hydroxyl groups is 1. The molecule has 1 fully saturated rings. The number of nitrogens with one attached hydrogen (secondary N) is 2. The summed E-state index contributed by atoms with van der Waals surface area (Å²) < 4.78 is 0. The molecule has 4 rings (SSSR count). The topological polar surface area (TPSA) is 29.1 Å². The summed E-state index contributed by atoms with van der Waals surface area (Å²) in [6.45, 7) is 6.81. The molecule has 0 unspecified atom stereocenters. The van der Waals surface area contributed by atoms with Crippen LogP contribution in [0.25, 0.3) is 10.8 Å². The molecule has 3 nitrogen and oxygen atoms in total. The summed E-state index contributed by atoms with van der Waals surface area (Å²) in [6, 6.07) is 14.5. The summed E-state index contributed by atoms with van der Waals surface area (Å²) in [7, 11) is 0. The number of quaternary nitrogens is 2. The molecule has 1 aliphatic heterocycles. The largest absolute Gasteiger partial charge is 0.507 e. The first-order valence-electron chi connectivity index (χ1n) is 8.67. The highest BCUT2D eigenvalue weighted by atomic mass is 32.1. The maximum Gasteiger partial charge on any atom is 0.127 e. The van der Waals surface area contributed by atoms with Gasteiger partial charge in [-0.2, -0.15) is 11.3 Å². The van der Waals surface area contributed by atoms with E-state index in [0.717, 1.165) is 18.7 Å². The van der Waals surface area contributed by atoms with Crippen molar-refractivity contribution in [1.29, 1.82) is 0 Å². The van der Waals surface area contributed by atoms with E-state index in [4.69, 9.17) is 0 Å². The maximum absolute atomic E-state index is 10.3. The van der Waals surface area contributed by atoms with Gasteiger partial charge in [-0.1, -0.05) is 30.3 Å². The minimum absolute atomic E-state index is 0.439. The molecule has 1 saturated heterocycles. The molecule has 124 valence electrons. The van der Waals surface area contributed by atoms with Crippen LogP contribution in [-0.2, 0) is 13.1 Å². The first kappa shape index (κ1) is 15.6. The molecule has 1 aliphatic rings. The van der Waals surface area contributed by atoms with Crippen LogP contribution in [0.3, 0.4) is 0 Å². The van der Waals surface area contributed by atoms with Gasteiger partial charge in [-0.25, -0.2) is 0 Å². The van der Waals surface area contributed by atoms with Gasteiger partial charge in [-0.05, 0) is 33.7 Å². The van der Waals surface area contributed by atoms with E-state index in [-0.39, 0.29) is 0 Å². The van der Waals surface area contributed by atoms with Crippen LogP contribution in [0, 0.1) is 0 Å². The van der Waals surface area contributed by atoms with Gasteiger partial charge in [0.15, 0.2) is 0 Å². The lowest BCUT2D eigenvalue weighted by Crippen LogP contribution is -3.27. The van der Waals surface area contributed by atoms with Crippen molar-refractivity contribution in [3.63, 3.8) is 0 Å². The predicted molar refractivity (Wildman–Crippen MR) is 98.7 cm³/mol. The van der Waals surface area contributed by atoms with Gasteiger partial charge >= 0.3 is 0 Å². The van der Waals surface area contributed by atoms with Crippen LogP contribution < -0.4 is 9.80 Å². The van der Waals surface area contributed by atoms with E-state index in [1.165, 1.54) is 42.5 Å². The van der Waals surface area contributed by atoms with Crippen LogP contribution in [0.2, 0.25) is 0 Å². The van der Waals surface area contributed by atoms with Gasteiger partial charge < -0.3 is 14.9 Å². The molecule has 0 bridgehead atoms. The van der Waals surface area contributed by atoms with E-state index in [2.05, 4.69) is 41.1 Å². The molecule has 24 heavy (non-hydrogen) atoms. The highest BCUT2D eigenvalue weighted by molar-refractivity contribution is 7.07. The Balaban J connectivity index is 1.43. The van der Waals surface area contributed by atoms with Crippen LogP contribution in [0.1, 0.15) is 11.1 Å². The summed E-state index contributed by atoms with van der Waals surface area (Å²) in [5.74, 6) is 0.439. The SMILES string of the molecule is Oc1ccc2ccccc2c1C[NH+]1CC[NH+](Cc2ccsc2)CC1. The lowest BCUT2D eigenvalue weighted by molar-refractivity contribution is -1.02. The van der Waals surface area contributed by atoms with Crippen molar-refractivity contribution in [3.05, 3.63) is 64.4 Å². The maximum atomic E-state index is 10.3. The molecule has 3 aromatic rings. The van der Waals surface area contributed by atoms with Crippen molar-refractivity contribution in [1.82, 2.24) is 0 Å². The molecule has 0 spiro atoms. The molecule has 0 saturated carbocycles. The van der Waals surface area contributed by atoms with Crippen LogP contribution >= 0.6 is 11.3 Å². The lowest BCUT2D eigenvalue weighted by atomic mass is 10.0. The summed E-state index contributed by atoms with van der Waals surface area (Å²) in [6.07, 6.45) is 0. The Morgan fingerprint density at radius 3 is 2.38 bits per heavy atom. The Hall–Kier alpha value is -1.88. The molecule has 1 aromatic heterocycles. The normalized spacial score (nSPS) is 21.2. The summed E-state index contributed by atoms with van der Waals surface area (Å²) >= 11 is 1.79. The Bertz CT molecular complexity index is 808. The first-order chi connectivity index (χ1) is 11.8. The average molecular weight is 340 g/mol. The molecule has 0 aliphatic carbocycles. The number of phenolic OH excluding ortho intramolecular Hbond substituents is 1. The number of hydrogen-bond acceptors (Lipinski definition) is 2. The zero-order valence-electron chi connectivity index (χ0n) is 13.8. The zero-order valence-corrected chi connectivity index (χ0v) is 14.6. The monoisotopic (exact) mass is 340 g/mol. The number of rotatable bonds is 4. The number of thiophene rings is 1. The minimum atomic E-state index is 0.439. The molecule has 4 heteroatoms. The third kappa shape index (κ3) is 3.31. The standard InChI is InChI=1S/C20H22N2OS/c23-20-6-5-17-3-1-2-4-18(17)19(20)14-22-10-8-21(9-11-22)13-16-7-12-24-15-16/h1-7,12,15,23H,8-11,13-14H2/p+2. The minimum Gasteiger partial charge on any atom is -0.507 e. The fourth-order valence-electron chi connectivity index (χ4n) is 3.75.